The van der Waals surface area contributed by atoms with Gasteiger partial charge in [0.1, 0.15) is 5.75 Å². The van der Waals surface area contributed by atoms with Crippen molar-refractivity contribution in [2.45, 2.75) is 26.3 Å². The molecule has 2 aromatic rings. The van der Waals surface area contributed by atoms with Gasteiger partial charge in [0.2, 0.25) is 0 Å². The molecule has 8 heteroatoms. The van der Waals surface area contributed by atoms with Crippen LogP contribution in [0.3, 0.4) is 0 Å². The molecule has 4 rings (SSSR count). The summed E-state index contributed by atoms with van der Waals surface area (Å²) >= 11 is 0. The number of hydrogen-bond acceptors (Lipinski definition) is 6. The van der Waals surface area contributed by atoms with Crippen LogP contribution in [0.2, 0.25) is 0 Å². The second kappa shape index (κ2) is 8.67. The van der Waals surface area contributed by atoms with Crippen molar-refractivity contribution in [3.05, 3.63) is 47.3 Å². The van der Waals surface area contributed by atoms with Gasteiger partial charge in [-0.25, -0.2) is 8.42 Å². The average molecular weight is 446 g/mol. The molecule has 0 bridgehead atoms. The van der Waals surface area contributed by atoms with Gasteiger partial charge in [-0.05, 0) is 38.5 Å². The highest BCUT2D eigenvalue weighted by Gasteiger charge is 2.32. The number of ether oxygens (including phenoxy) is 1. The lowest BCUT2D eigenvalue weighted by Gasteiger charge is -2.36. The van der Waals surface area contributed by atoms with Gasteiger partial charge in [-0.1, -0.05) is 12.1 Å². The summed E-state index contributed by atoms with van der Waals surface area (Å²) in [6.45, 7) is 7.57. The van der Waals surface area contributed by atoms with Crippen molar-refractivity contribution in [2.24, 2.45) is 0 Å². The zero-order valence-corrected chi connectivity index (χ0v) is 19.3. The molecule has 7 nitrogen and oxygen atoms in total. The molecule has 0 aliphatic carbocycles. The van der Waals surface area contributed by atoms with Crippen molar-refractivity contribution in [3.63, 3.8) is 0 Å². The molecule has 3 heterocycles. The minimum absolute atomic E-state index is 0.0593. The molecule has 0 spiro atoms. The number of sulfone groups is 1. The molecule has 0 N–H and O–H groups in total. The molecule has 0 radical (unpaired) electrons. The molecule has 2 aliphatic rings. The number of methoxy groups -OCH3 is 1. The molecule has 2 aliphatic heterocycles. The van der Waals surface area contributed by atoms with Gasteiger partial charge in [-0.3, -0.25) is 9.69 Å². The van der Waals surface area contributed by atoms with Crippen molar-refractivity contribution >= 4 is 21.3 Å². The molecule has 1 atom stereocenters. The van der Waals surface area contributed by atoms with E-state index in [0.29, 0.717) is 18.5 Å². The largest absolute Gasteiger partial charge is 0.495 e. The maximum absolute atomic E-state index is 13.1. The van der Waals surface area contributed by atoms with Gasteiger partial charge >= 0.3 is 0 Å². The fraction of sp³-hybridized carbons (Fsp3) is 0.522. The first-order valence-corrected chi connectivity index (χ1v) is 12.6. The number of benzene rings is 1. The molecule has 168 valence electrons. The van der Waals surface area contributed by atoms with Crippen LogP contribution in [0.5, 0.6) is 5.75 Å². The predicted octanol–water partition coefficient (Wildman–Crippen LogP) is 2.48. The molecule has 0 amide bonds. The summed E-state index contributed by atoms with van der Waals surface area (Å²) in [7, 11) is -1.29. The maximum atomic E-state index is 13.1. The van der Waals surface area contributed by atoms with Gasteiger partial charge in [0.15, 0.2) is 15.6 Å². The Morgan fingerprint density at radius 3 is 2.48 bits per heavy atom. The van der Waals surface area contributed by atoms with E-state index in [4.69, 9.17) is 4.74 Å². The smallest absolute Gasteiger partial charge is 0.178 e. The standard InChI is InChI=1S/C23H31N3O4S/c1-17-14-20(18(2)26(17)19-8-13-31(28,29)16-19)22(27)15-24-9-11-25(12-10-24)21-6-4-5-7-23(21)30-3/h4-7,14,19H,8-13,15-16H2,1-3H3/t19-/m0/s1. The van der Waals surface area contributed by atoms with E-state index < -0.39 is 9.84 Å². The predicted molar refractivity (Wildman–Crippen MR) is 122 cm³/mol. The summed E-state index contributed by atoms with van der Waals surface area (Å²) < 4.78 is 31.4. The van der Waals surface area contributed by atoms with E-state index in [-0.39, 0.29) is 23.3 Å². The molecular formula is C23H31N3O4S. The van der Waals surface area contributed by atoms with Crippen molar-refractivity contribution in [2.75, 3.05) is 56.2 Å². The zero-order chi connectivity index (χ0) is 22.2. The van der Waals surface area contributed by atoms with Gasteiger partial charge in [-0.2, -0.15) is 0 Å². The average Bonchev–Trinajstić information content (AvgIpc) is 3.26. The number of carbonyl (C=O) groups is 1. The van der Waals surface area contributed by atoms with Crippen LogP contribution < -0.4 is 9.64 Å². The molecule has 1 aromatic heterocycles. The third-order valence-corrected chi connectivity index (χ3v) is 8.27. The van der Waals surface area contributed by atoms with Crippen molar-refractivity contribution < 1.29 is 17.9 Å². The number of hydrogen-bond donors (Lipinski definition) is 0. The third kappa shape index (κ3) is 4.50. The summed E-state index contributed by atoms with van der Waals surface area (Å²) in [6, 6.07) is 9.88. The second-order valence-electron chi connectivity index (χ2n) is 8.57. The van der Waals surface area contributed by atoms with E-state index in [0.717, 1.165) is 49.0 Å². The van der Waals surface area contributed by atoms with Crippen molar-refractivity contribution in [1.29, 1.82) is 0 Å². The van der Waals surface area contributed by atoms with E-state index in [1.807, 2.05) is 38.1 Å². The fourth-order valence-corrected chi connectivity index (χ4v) is 6.63. The summed E-state index contributed by atoms with van der Waals surface area (Å²) in [5.41, 5.74) is 3.65. The fourth-order valence-electron chi connectivity index (χ4n) is 4.93. The van der Waals surface area contributed by atoms with E-state index in [1.54, 1.807) is 7.11 Å². The van der Waals surface area contributed by atoms with E-state index in [9.17, 15) is 13.2 Å². The molecule has 31 heavy (non-hydrogen) atoms. The number of Topliss-reactive ketones (excluding diaryl/α,β-unsaturated/α-hetero) is 1. The first kappa shape index (κ1) is 21.9. The normalized spacial score (nSPS) is 21.4. The van der Waals surface area contributed by atoms with Crippen molar-refractivity contribution in [1.82, 2.24) is 9.47 Å². The Balaban J connectivity index is 1.40. The highest BCUT2D eigenvalue weighted by molar-refractivity contribution is 7.91. The highest BCUT2D eigenvalue weighted by atomic mass is 32.2. The summed E-state index contributed by atoms with van der Waals surface area (Å²) in [5, 5.41) is 0. The maximum Gasteiger partial charge on any atom is 0.178 e. The van der Waals surface area contributed by atoms with Gasteiger partial charge in [0.25, 0.3) is 0 Å². The number of para-hydroxylation sites is 2. The van der Waals surface area contributed by atoms with Crippen LogP contribution in [-0.2, 0) is 9.84 Å². The SMILES string of the molecule is COc1ccccc1N1CCN(CC(=O)c2cc(C)n([C@H]3CCS(=O)(=O)C3)c2C)CC1. The van der Waals surface area contributed by atoms with Crippen LogP contribution in [0, 0.1) is 13.8 Å². The van der Waals surface area contributed by atoms with Crippen LogP contribution in [0.15, 0.2) is 30.3 Å². The zero-order valence-electron chi connectivity index (χ0n) is 18.5. The number of carbonyl (C=O) groups excluding carboxylic acids is 1. The number of anilines is 1. The van der Waals surface area contributed by atoms with Crippen LogP contribution >= 0.6 is 0 Å². The lowest BCUT2D eigenvalue weighted by Crippen LogP contribution is -2.48. The number of aryl methyl sites for hydroxylation is 1. The number of ketones is 1. The van der Waals surface area contributed by atoms with Gasteiger partial charge in [-0.15, -0.1) is 0 Å². The first-order valence-electron chi connectivity index (χ1n) is 10.8. The van der Waals surface area contributed by atoms with Crippen LogP contribution in [0.4, 0.5) is 5.69 Å². The van der Waals surface area contributed by atoms with Crippen molar-refractivity contribution in [3.8, 4) is 5.75 Å². The molecule has 0 saturated carbocycles. The Hall–Kier alpha value is -2.32. The summed E-state index contributed by atoms with van der Waals surface area (Å²) in [6.07, 6.45) is 0.622. The molecule has 2 saturated heterocycles. The van der Waals surface area contributed by atoms with Gasteiger partial charge in [0.05, 0.1) is 30.8 Å². The number of nitrogens with zero attached hydrogens (tertiary/aromatic N) is 3. The lowest BCUT2D eigenvalue weighted by atomic mass is 10.1. The highest BCUT2D eigenvalue weighted by Crippen LogP contribution is 2.30. The number of aromatic nitrogens is 1. The Labute approximate surface area is 184 Å². The van der Waals surface area contributed by atoms with E-state index >= 15 is 0 Å². The minimum Gasteiger partial charge on any atom is -0.495 e. The Morgan fingerprint density at radius 1 is 1.13 bits per heavy atom. The number of rotatable bonds is 6. The molecule has 0 unspecified atom stereocenters. The molecule has 2 fully saturated rings. The monoisotopic (exact) mass is 445 g/mol. The topological polar surface area (TPSA) is 71.8 Å². The Kier molecular flexibility index (Phi) is 6.12. The van der Waals surface area contributed by atoms with E-state index in [2.05, 4.69) is 20.4 Å². The first-order chi connectivity index (χ1) is 14.8. The van der Waals surface area contributed by atoms with Gasteiger partial charge < -0.3 is 14.2 Å². The van der Waals surface area contributed by atoms with E-state index in [1.165, 1.54) is 0 Å². The van der Waals surface area contributed by atoms with Crippen LogP contribution in [-0.4, -0.2) is 75.0 Å². The van der Waals surface area contributed by atoms with Crippen LogP contribution in [0.25, 0.3) is 0 Å². The number of piperazine rings is 1. The quantitative estimate of drug-likeness (QED) is 0.636. The minimum atomic E-state index is -2.97. The Bertz CT molecular complexity index is 1070. The summed E-state index contributed by atoms with van der Waals surface area (Å²) in [5.74, 6) is 1.37. The Morgan fingerprint density at radius 2 is 1.84 bits per heavy atom. The lowest BCUT2D eigenvalue weighted by molar-refractivity contribution is 0.0925. The molecular weight excluding hydrogens is 414 g/mol. The summed E-state index contributed by atoms with van der Waals surface area (Å²) in [4.78, 5) is 17.6. The van der Waals surface area contributed by atoms with Gasteiger partial charge in [0, 0.05) is 49.2 Å². The molecule has 1 aromatic carbocycles. The van der Waals surface area contributed by atoms with Crippen LogP contribution in [0.1, 0.15) is 34.2 Å². The second-order valence-corrected chi connectivity index (χ2v) is 10.8. The third-order valence-electron chi connectivity index (χ3n) is 6.52.